The van der Waals surface area contributed by atoms with Crippen molar-refractivity contribution in [2.45, 2.75) is 13.0 Å². The van der Waals surface area contributed by atoms with E-state index in [0.29, 0.717) is 13.0 Å². The van der Waals surface area contributed by atoms with Crippen LogP contribution in [0, 0.1) is 6.61 Å². The van der Waals surface area contributed by atoms with Crippen molar-refractivity contribution in [1.29, 1.82) is 0 Å². The van der Waals surface area contributed by atoms with E-state index >= 15 is 0 Å². The number of benzene rings is 2. The monoisotopic (exact) mass is 227 g/mol. The summed E-state index contributed by atoms with van der Waals surface area (Å²) in [6.07, 6.45) is 0.568. The number of hydrogen-bond donors (Lipinski definition) is 1. The lowest BCUT2D eigenvalue weighted by atomic mass is 10.1. The van der Waals surface area contributed by atoms with E-state index in [1.165, 1.54) is 0 Å². The van der Waals surface area contributed by atoms with Gasteiger partial charge in [-0.25, -0.2) is 0 Å². The molecule has 0 aromatic heterocycles. The van der Waals surface area contributed by atoms with Crippen molar-refractivity contribution >= 4 is 0 Å². The molecule has 2 nitrogen and oxygen atoms in total. The Morgan fingerprint density at radius 1 is 0.882 bits per heavy atom. The fourth-order valence-corrected chi connectivity index (χ4v) is 1.57. The summed E-state index contributed by atoms with van der Waals surface area (Å²) < 4.78 is 5.65. The zero-order valence-electron chi connectivity index (χ0n) is 9.54. The van der Waals surface area contributed by atoms with Gasteiger partial charge in [0.05, 0.1) is 6.61 Å². The zero-order chi connectivity index (χ0) is 11.9. The lowest BCUT2D eigenvalue weighted by molar-refractivity contribution is 0.306. The summed E-state index contributed by atoms with van der Waals surface area (Å²) in [5.41, 5.74) is 2.22. The normalized spacial score (nSPS) is 10.2. The molecule has 0 saturated heterocycles. The first-order valence-electron chi connectivity index (χ1n) is 5.60. The molecule has 0 aliphatic carbocycles. The van der Waals surface area contributed by atoms with Crippen LogP contribution in [-0.4, -0.2) is 5.11 Å². The largest absolute Gasteiger partial charge is 0.489 e. The van der Waals surface area contributed by atoms with Gasteiger partial charge in [-0.1, -0.05) is 42.5 Å². The number of ether oxygens (including phenoxy) is 1. The minimum absolute atomic E-state index is 0.568. The maximum Gasteiger partial charge on any atom is 0.119 e. The average molecular weight is 227 g/mol. The molecule has 2 rings (SSSR count). The number of rotatable bonds is 5. The number of aliphatic hydroxyl groups excluding tert-OH is 1. The van der Waals surface area contributed by atoms with Gasteiger partial charge in [0.1, 0.15) is 12.4 Å². The van der Waals surface area contributed by atoms with Gasteiger partial charge < -0.3 is 9.84 Å². The molecule has 0 spiro atoms. The second-order valence-electron chi connectivity index (χ2n) is 3.80. The lowest BCUT2D eigenvalue weighted by Gasteiger charge is -2.06. The molecule has 0 heterocycles. The maximum absolute atomic E-state index is 8.68. The van der Waals surface area contributed by atoms with Crippen LogP contribution in [0.5, 0.6) is 5.75 Å². The molecule has 2 aromatic rings. The second kappa shape index (κ2) is 6.06. The van der Waals surface area contributed by atoms with Gasteiger partial charge in [0.15, 0.2) is 0 Å². The van der Waals surface area contributed by atoms with E-state index in [2.05, 4.69) is 0 Å². The minimum atomic E-state index is 0.568. The summed E-state index contributed by atoms with van der Waals surface area (Å²) in [7, 11) is 0. The molecule has 1 N–H and O–H groups in total. The standard InChI is InChI=1S/C15H15O2/c16-11-10-13-6-8-15(9-7-13)17-12-14-4-2-1-3-5-14/h1-9,11,16H,10,12H2. The highest BCUT2D eigenvalue weighted by atomic mass is 16.5. The third-order valence-corrected chi connectivity index (χ3v) is 2.50. The van der Waals surface area contributed by atoms with Gasteiger partial charge in [0.25, 0.3) is 0 Å². The quantitative estimate of drug-likeness (QED) is 0.848. The first kappa shape index (κ1) is 11.7. The third-order valence-electron chi connectivity index (χ3n) is 2.50. The summed E-state index contributed by atoms with van der Waals surface area (Å²) in [6, 6.07) is 17.8. The molecule has 0 aliphatic rings. The van der Waals surface area contributed by atoms with Crippen molar-refractivity contribution < 1.29 is 9.84 Å². The smallest absolute Gasteiger partial charge is 0.119 e. The Kier molecular flexibility index (Phi) is 4.17. The molecule has 0 aliphatic heterocycles. The summed E-state index contributed by atoms with van der Waals surface area (Å²) in [4.78, 5) is 0. The van der Waals surface area contributed by atoms with Crippen LogP contribution in [0.4, 0.5) is 0 Å². The average Bonchev–Trinajstić information content (AvgIpc) is 2.40. The topological polar surface area (TPSA) is 29.5 Å². The molecule has 0 unspecified atom stereocenters. The minimum Gasteiger partial charge on any atom is -0.489 e. The van der Waals surface area contributed by atoms with E-state index in [0.717, 1.165) is 23.5 Å². The fraction of sp³-hybridized carbons (Fsp3) is 0.133. The highest BCUT2D eigenvalue weighted by molar-refractivity contribution is 5.28. The van der Waals surface area contributed by atoms with Crippen molar-refractivity contribution in [3.63, 3.8) is 0 Å². The van der Waals surface area contributed by atoms with Crippen LogP contribution < -0.4 is 4.74 Å². The van der Waals surface area contributed by atoms with E-state index in [4.69, 9.17) is 9.84 Å². The summed E-state index contributed by atoms with van der Waals surface area (Å²) >= 11 is 0. The Labute approximate surface area is 101 Å². The number of aliphatic hydroxyl groups is 1. The van der Waals surface area contributed by atoms with Crippen LogP contribution in [0.1, 0.15) is 11.1 Å². The second-order valence-corrected chi connectivity index (χ2v) is 3.80. The Bertz CT molecular complexity index is 434. The Morgan fingerprint density at radius 2 is 1.59 bits per heavy atom. The molecule has 0 amide bonds. The molecule has 2 heteroatoms. The van der Waals surface area contributed by atoms with Crippen molar-refractivity contribution in [3.8, 4) is 5.75 Å². The van der Waals surface area contributed by atoms with Crippen LogP contribution >= 0.6 is 0 Å². The van der Waals surface area contributed by atoms with Crippen LogP contribution in [0.3, 0.4) is 0 Å². The van der Waals surface area contributed by atoms with Gasteiger partial charge in [-0.05, 0) is 23.3 Å². The van der Waals surface area contributed by atoms with Gasteiger partial charge in [-0.3, -0.25) is 0 Å². The van der Waals surface area contributed by atoms with Crippen molar-refractivity contribution in [2.75, 3.05) is 0 Å². The lowest BCUT2D eigenvalue weighted by Crippen LogP contribution is -1.95. The van der Waals surface area contributed by atoms with E-state index in [-0.39, 0.29) is 0 Å². The predicted octanol–water partition coefficient (Wildman–Crippen LogP) is 3.34. The van der Waals surface area contributed by atoms with Gasteiger partial charge in [0.2, 0.25) is 0 Å². The molecule has 17 heavy (non-hydrogen) atoms. The molecule has 0 atom stereocenters. The van der Waals surface area contributed by atoms with Crippen LogP contribution in [0.2, 0.25) is 0 Å². The maximum atomic E-state index is 8.68. The molecule has 0 saturated carbocycles. The SMILES string of the molecule is O[CH]Cc1ccc(OCc2ccccc2)cc1. The molecule has 0 fully saturated rings. The van der Waals surface area contributed by atoms with Gasteiger partial charge in [-0.2, -0.15) is 0 Å². The van der Waals surface area contributed by atoms with E-state index in [9.17, 15) is 0 Å². The summed E-state index contributed by atoms with van der Waals surface area (Å²) in [5, 5.41) is 8.68. The van der Waals surface area contributed by atoms with E-state index < -0.39 is 0 Å². The fourth-order valence-electron chi connectivity index (χ4n) is 1.57. The molecule has 2 aromatic carbocycles. The zero-order valence-corrected chi connectivity index (χ0v) is 9.54. The van der Waals surface area contributed by atoms with Gasteiger partial charge in [-0.15, -0.1) is 0 Å². The summed E-state index contributed by atoms with van der Waals surface area (Å²) in [5.74, 6) is 0.843. The molecule has 0 bridgehead atoms. The Morgan fingerprint density at radius 3 is 2.24 bits per heavy atom. The first-order valence-corrected chi connectivity index (χ1v) is 5.60. The Hall–Kier alpha value is -1.80. The summed E-state index contributed by atoms with van der Waals surface area (Å²) in [6.45, 7) is 1.73. The van der Waals surface area contributed by atoms with Crippen LogP contribution in [0.25, 0.3) is 0 Å². The van der Waals surface area contributed by atoms with Gasteiger partial charge >= 0.3 is 0 Å². The molecular weight excluding hydrogens is 212 g/mol. The highest BCUT2D eigenvalue weighted by Gasteiger charge is 1.96. The molecule has 1 radical (unpaired) electrons. The predicted molar refractivity (Wildman–Crippen MR) is 67.2 cm³/mol. The first-order chi connectivity index (χ1) is 8.38. The van der Waals surface area contributed by atoms with Crippen LogP contribution in [-0.2, 0) is 13.0 Å². The van der Waals surface area contributed by atoms with E-state index in [1.54, 1.807) is 0 Å². The van der Waals surface area contributed by atoms with Crippen LogP contribution in [0.15, 0.2) is 54.6 Å². The van der Waals surface area contributed by atoms with Crippen molar-refractivity contribution in [1.82, 2.24) is 0 Å². The highest BCUT2D eigenvalue weighted by Crippen LogP contribution is 2.14. The van der Waals surface area contributed by atoms with E-state index in [1.807, 2.05) is 54.6 Å². The number of hydrogen-bond acceptors (Lipinski definition) is 2. The van der Waals surface area contributed by atoms with Crippen molar-refractivity contribution in [3.05, 3.63) is 72.3 Å². The van der Waals surface area contributed by atoms with Gasteiger partial charge in [0, 0.05) is 6.42 Å². The Balaban J connectivity index is 1.91. The molecular formula is C15H15O2. The van der Waals surface area contributed by atoms with Crippen molar-refractivity contribution in [2.24, 2.45) is 0 Å². The third kappa shape index (κ3) is 3.61. The molecule has 87 valence electrons.